The summed E-state index contributed by atoms with van der Waals surface area (Å²) < 4.78 is 7.60. The summed E-state index contributed by atoms with van der Waals surface area (Å²) in [6, 6.07) is 11.6. The Kier molecular flexibility index (Phi) is 7.78. The first-order valence-corrected chi connectivity index (χ1v) is 14.3. The van der Waals surface area contributed by atoms with Gasteiger partial charge in [0, 0.05) is 67.7 Å². The third kappa shape index (κ3) is 6.21. The summed E-state index contributed by atoms with van der Waals surface area (Å²) in [6.07, 6.45) is 3.24. The lowest BCUT2D eigenvalue weighted by atomic mass is 9.79. The quantitative estimate of drug-likeness (QED) is 0.405. The zero-order valence-electron chi connectivity index (χ0n) is 24.3. The molecule has 0 saturated carbocycles. The summed E-state index contributed by atoms with van der Waals surface area (Å²) in [5, 5.41) is 13.7. The van der Waals surface area contributed by atoms with Gasteiger partial charge < -0.3 is 29.5 Å². The van der Waals surface area contributed by atoms with Crippen LogP contribution in [-0.2, 0) is 24.4 Å². The van der Waals surface area contributed by atoms with Crippen LogP contribution in [0.25, 0.3) is 11.1 Å². The van der Waals surface area contributed by atoms with E-state index in [2.05, 4.69) is 10.3 Å². The molecule has 1 fully saturated rings. The fourth-order valence-electron chi connectivity index (χ4n) is 5.67. The predicted molar refractivity (Wildman–Crippen MR) is 159 cm³/mol. The number of hydrogen-bond acceptors (Lipinski definition) is 6. The normalized spacial score (nSPS) is 16.4. The highest BCUT2D eigenvalue weighted by atomic mass is 35.5. The van der Waals surface area contributed by atoms with Gasteiger partial charge in [-0.3, -0.25) is 4.79 Å². The van der Waals surface area contributed by atoms with Crippen LogP contribution in [0.5, 0.6) is 0 Å². The lowest BCUT2D eigenvalue weighted by Gasteiger charge is -2.50. The second-order valence-corrected chi connectivity index (χ2v) is 12.9. The number of ether oxygens (including phenoxy) is 1. The smallest absolute Gasteiger partial charge is 0.410 e. The van der Waals surface area contributed by atoms with Gasteiger partial charge in [0.1, 0.15) is 17.1 Å². The molecule has 0 aliphatic carbocycles. The lowest BCUT2D eigenvalue weighted by Crippen LogP contribution is -2.64. The van der Waals surface area contributed by atoms with Crippen molar-refractivity contribution in [1.82, 2.24) is 19.4 Å². The van der Waals surface area contributed by atoms with Gasteiger partial charge in [-0.05, 0) is 57.9 Å². The van der Waals surface area contributed by atoms with E-state index in [1.165, 1.54) is 0 Å². The van der Waals surface area contributed by atoms with Crippen molar-refractivity contribution in [3.8, 4) is 11.1 Å². The van der Waals surface area contributed by atoms with Gasteiger partial charge in [0.05, 0.1) is 11.6 Å². The van der Waals surface area contributed by atoms with Crippen LogP contribution in [0.2, 0.25) is 5.02 Å². The van der Waals surface area contributed by atoms with Gasteiger partial charge in [-0.15, -0.1) is 0 Å². The number of aliphatic hydroxyl groups excluding tert-OH is 1. The van der Waals surface area contributed by atoms with Crippen LogP contribution >= 0.6 is 11.6 Å². The maximum Gasteiger partial charge on any atom is 0.410 e. The molecule has 2 N–H and O–H groups in total. The van der Waals surface area contributed by atoms with Crippen LogP contribution in [0.4, 0.5) is 10.6 Å². The Bertz CT molecular complexity index is 1450. The number of aliphatic hydroxyl groups is 1. The maximum atomic E-state index is 14.1. The van der Waals surface area contributed by atoms with E-state index in [0.717, 1.165) is 22.3 Å². The van der Waals surface area contributed by atoms with Crippen molar-refractivity contribution < 1.29 is 19.4 Å². The number of halogens is 1. The summed E-state index contributed by atoms with van der Waals surface area (Å²) in [6.45, 7) is 11.9. The molecule has 41 heavy (non-hydrogen) atoms. The molecule has 10 heteroatoms. The SMILES string of the molecule is CC(C)Nc1cc(-c2cc3n(c2)CC2(CN(C(=O)OC(C)(C)C)C2)CN(Cc2ccccc2CO)C3=O)c(Cl)cn1. The average molecular weight is 580 g/mol. The number of rotatable bonds is 6. The third-order valence-electron chi connectivity index (χ3n) is 7.39. The van der Waals surface area contributed by atoms with Crippen LogP contribution in [0.3, 0.4) is 0 Å². The number of carbonyl (C=O) groups excluding carboxylic acids is 2. The molecule has 5 rings (SSSR count). The van der Waals surface area contributed by atoms with Crippen molar-refractivity contribution >= 4 is 29.4 Å². The van der Waals surface area contributed by atoms with E-state index in [4.69, 9.17) is 16.3 Å². The zero-order chi connectivity index (χ0) is 29.5. The molecule has 2 amide bonds. The standard InChI is InChI=1S/C31H38ClN5O4/c1-20(2)34-27-11-24(25(32)12-33-27)23-10-26-28(39)36(13-21-8-6-7-9-22(21)15-38)17-31(16-35(26)14-23)18-37(19-31)29(40)41-30(3,4)5/h6-12,14,20,38H,13,15-19H2,1-5H3,(H,33,34). The molecular weight excluding hydrogens is 542 g/mol. The monoisotopic (exact) mass is 579 g/mol. The van der Waals surface area contributed by atoms with Crippen molar-refractivity contribution in [3.63, 3.8) is 0 Å². The summed E-state index contributed by atoms with van der Waals surface area (Å²) in [7, 11) is 0. The van der Waals surface area contributed by atoms with Gasteiger partial charge in [-0.1, -0.05) is 35.9 Å². The number of pyridine rings is 1. The molecule has 0 bridgehead atoms. The zero-order valence-corrected chi connectivity index (χ0v) is 25.0. The first kappa shape index (κ1) is 29.0. The van der Waals surface area contributed by atoms with E-state index in [-0.39, 0.29) is 30.1 Å². The Morgan fingerprint density at radius 2 is 1.85 bits per heavy atom. The van der Waals surface area contributed by atoms with Gasteiger partial charge in [0.25, 0.3) is 5.91 Å². The molecule has 3 aromatic rings. The third-order valence-corrected chi connectivity index (χ3v) is 7.69. The second kappa shape index (κ2) is 11.0. The molecule has 2 aromatic heterocycles. The number of amides is 2. The molecule has 2 aliphatic heterocycles. The van der Waals surface area contributed by atoms with Crippen molar-refractivity contribution in [3.05, 3.63) is 70.6 Å². The Morgan fingerprint density at radius 1 is 1.15 bits per heavy atom. The molecule has 0 atom stereocenters. The highest BCUT2D eigenvalue weighted by Gasteiger charge is 2.50. The average Bonchev–Trinajstić information content (AvgIpc) is 3.24. The molecule has 0 radical (unpaired) electrons. The molecule has 1 saturated heterocycles. The van der Waals surface area contributed by atoms with E-state index in [0.29, 0.717) is 49.3 Å². The number of benzene rings is 1. The molecule has 0 unspecified atom stereocenters. The van der Waals surface area contributed by atoms with Gasteiger partial charge in [0.15, 0.2) is 0 Å². The Balaban J connectivity index is 1.50. The van der Waals surface area contributed by atoms with E-state index < -0.39 is 5.60 Å². The van der Waals surface area contributed by atoms with Crippen LogP contribution < -0.4 is 5.32 Å². The fraction of sp³-hybridized carbons (Fsp3) is 0.452. The van der Waals surface area contributed by atoms with Crippen molar-refractivity contribution in [2.45, 2.75) is 66.0 Å². The highest BCUT2D eigenvalue weighted by molar-refractivity contribution is 6.33. The minimum Gasteiger partial charge on any atom is -0.444 e. The van der Waals surface area contributed by atoms with Crippen LogP contribution in [-0.4, -0.2) is 67.7 Å². The molecule has 4 heterocycles. The molecule has 9 nitrogen and oxygen atoms in total. The first-order valence-electron chi connectivity index (χ1n) is 13.9. The predicted octanol–water partition coefficient (Wildman–Crippen LogP) is 5.41. The summed E-state index contributed by atoms with van der Waals surface area (Å²) in [5.41, 5.74) is 2.90. The number of nitrogens with one attached hydrogen (secondary N) is 1. The van der Waals surface area contributed by atoms with E-state index in [1.54, 1.807) is 11.1 Å². The lowest BCUT2D eigenvalue weighted by molar-refractivity contribution is -0.0492. The van der Waals surface area contributed by atoms with Crippen molar-refractivity contribution in [1.29, 1.82) is 0 Å². The van der Waals surface area contributed by atoms with Gasteiger partial charge in [0.2, 0.25) is 0 Å². The van der Waals surface area contributed by atoms with Crippen molar-refractivity contribution in [2.24, 2.45) is 5.41 Å². The number of anilines is 1. The van der Waals surface area contributed by atoms with E-state index in [1.807, 2.05) is 86.7 Å². The van der Waals surface area contributed by atoms with Crippen LogP contribution in [0.15, 0.2) is 48.8 Å². The summed E-state index contributed by atoms with van der Waals surface area (Å²) >= 11 is 6.59. The molecular formula is C31H38ClN5O4. The molecule has 2 aliphatic rings. The highest BCUT2D eigenvalue weighted by Crippen LogP contribution is 2.40. The largest absolute Gasteiger partial charge is 0.444 e. The Labute approximate surface area is 246 Å². The minimum atomic E-state index is -0.588. The molecule has 1 aromatic carbocycles. The Hall–Kier alpha value is -3.56. The minimum absolute atomic E-state index is 0.108. The van der Waals surface area contributed by atoms with E-state index >= 15 is 0 Å². The van der Waals surface area contributed by atoms with Gasteiger partial charge in [-0.25, -0.2) is 9.78 Å². The molecule has 1 spiro atoms. The number of hydrogen-bond donors (Lipinski definition) is 2. The Morgan fingerprint density at radius 3 is 2.51 bits per heavy atom. The number of likely N-dealkylation sites (tertiary alicyclic amines) is 1. The molecule has 218 valence electrons. The number of fused-ring (bicyclic) bond motifs is 1. The van der Waals surface area contributed by atoms with Crippen LogP contribution in [0.1, 0.15) is 56.2 Å². The van der Waals surface area contributed by atoms with Crippen LogP contribution in [0, 0.1) is 5.41 Å². The fourth-order valence-corrected chi connectivity index (χ4v) is 5.88. The summed E-state index contributed by atoms with van der Waals surface area (Å²) in [5.74, 6) is 0.597. The second-order valence-electron chi connectivity index (χ2n) is 12.5. The first-order chi connectivity index (χ1) is 19.4. The number of carbonyl (C=O) groups is 2. The topological polar surface area (TPSA) is 99.9 Å². The van der Waals surface area contributed by atoms with Gasteiger partial charge >= 0.3 is 6.09 Å². The van der Waals surface area contributed by atoms with E-state index in [9.17, 15) is 14.7 Å². The number of nitrogens with zero attached hydrogens (tertiary/aromatic N) is 4. The maximum absolute atomic E-state index is 14.1. The van der Waals surface area contributed by atoms with Crippen molar-refractivity contribution in [2.75, 3.05) is 25.0 Å². The number of aromatic nitrogens is 2. The van der Waals surface area contributed by atoms with Gasteiger partial charge in [-0.2, -0.15) is 0 Å². The summed E-state index contributed by atoms with van der Waals surface area (Å²) in [4.78, 5) is 34.8.